The van der Waals surface area contributed by atoms with Crippen molar-refractivity contribution in [2.45, 2.75) is 5.03 Å². The van der Waals surface area contributed by atoms with Gasteiger partial charge in [-0.3, -0.25) is 9.52 Å². The topological polar surface area (TPSA) is 128 Å². The number of amides is 1. The number of aromatic nitrogens is 3. The molecule has 3 rings (SSSR count). The molecule has 2 aromatic heterocycles. The van der Waals surface area contributed by atoms with Crippen LogP contribution in [0.4, 0.5) is 14.5 Å². The number of nitrogens with zero attached hydrogens (tertiary/aromatic N) is 3. The summed E-state index contributed by atoms with van der Waals surface area (Å²) in [7, 11) is -4.23. The fraction of sp³-hybridized carbons (Fsp3) is 0. The second-order valence-corrected chi connectivity index (χ2v) is 6.87. The van der Waals surface area contributed by atoms with E-state index in [0.717, 1.165) is 0 Å². The molecular weight excluding hydrogens is 380 g/mol. The summed E-state index contributed by atoms with van der Waals surface area (Å²) in [6.45, 7) is 0. The van der Waals surface area contributed by atoms with Crippen LogP contribution in [0, 0.1) is 11.6 Å². The van der Waals surface area contributed by atoms with Crippen LogP contribution in [0.25, 0.3) is 11.4 Å². The Morgan fingerprint density at radius 2 is 1.67 bits per heavy atom. The summed E-state index contributed by atoms with van der Waals surface area (Å²) < 4.78 is 54.2. The van der Waals surface area contributed by atoms with Gasteiger partial charge in [0, 0.05) is 24.2 Å². The quantitative estimate of drug-likeness (QED) is 0.681. The van der Waals surface area contributed by atoms with Crippen molar-refractivity contribution in [3.05, 3.63) is 66.1 Å². The molecule has 0 radical (unpaired) electrons. The lowest BCUT2D eigenvalue weighted by molar-refractivity contribution is 0.0992. The number of hydrogen-bond donors (Lipinski definition) is 2. The summed E-state index contributed by atoms with van der Waals surface area (Å²) >= 11 is 0. The van der Waals surface area contributed by atoms with Crippen molar-refractivity contribution in [3.8, 4) is 11.4 Å². The van der Waals surface area contributed by atoms with Gasteiger partial charge in [-0.05, 0) is 30.3 Å². The zero-order valence-corrected chi connectivity index (χ0v) is 14.2. The Hall–Kier alpha value is -3.47. The van der Waals surface area contributed by atoms with E-state index < -0.39 is 38.8 Å². The molecule has 0 unspecified atom stereocenters. The summed E-state index contributed by atoms with van der Waals surface area (Å²) in [5.74, 6) is -3.53. The molecule has 3 aromatic rings. The average molecular weight is 391 g/mol. The Labute approximate surface area is 152 Å². The number of nitrogens with two attached hydrogens (primary N) is 1. The van der Waals surface area contributed by atoms with Crippen LogP contribution in [0.1, 0.15) is 10.4 Å². The van der Waals surface area contributed by atoms with Gasteiger partial charge < -0.3 is 5.73 Å². The van der Waals surface area contributed by atoms with Crippen LogP contribution in [-0.2, 0) is 10.0 Å². The molecule has 0 atom stereocenters. The molecule has 8 nitrogen and oxygen atoms in total. The van der Waals surface area contributed by atoms with E-state index in [1.807, 2.05) is 4.72 Å². The van der Waals surface area contributed by atoms with Gasteiger partial charge in [0.2, 0.25) is 0 Å². The monoisotopic (exact) mass is 391 g/mol. The van der Waals surface area contributed by atoms with Crippen LogP contribution < -0.4 is 10.5 Å². The van der Waals surface area contributed by atoms with Crippen LogP contribution in [-0.4, -0.2) is 29.3 Å². The first-order chi connectivity index (χ1) is 12.8. The molecule has 3 N–H and O–H groups in total. The first-order valence-electron chi connectivity index (χ1n) is 7.33. The summed E-state index contributed by atoms with van der Waals surface area (Å²) in [6, 6.07) is 5.55. The molecule has 0 saturated carbocycles. The van der Waals surface area contributed by atoms with Crippen molar-refractivity contribution in [2.75, 3.05) is 4.72 Å². The van der Waals surface area contributed by atoms with Crippen LogP contribution >= 0.6 is 0 Å². The molecule has 1 amide bonds. The minimum atomic E-state index is -4.23. The molecule has 0 bridgehead atoms. The second-order valence-electron chi connectivity index (χ2n) is 5.24. The highest BCUT2D eigenvalue weighted by molar-refractivity contribution is 7.92. The molecule has 0 fully saturated rings. The van der Waals surface area contributed by atoms with Gasteiger partial charge in [0.05, 0.1) is 5.69 Å². The van der Waals surface area contributed by atoms with Gasteiger partial charge in [-0.15, -0.1) is 0 Å². The third-order valence-electron chi connectivity index (χ3n) is 3.38. The number of anilines is 1. The van der Waals surface area contributed by atoms with E-state index >= 15 is 0 Å². The van der Waals surface area contributed by atoms with E-state index in [2.05, 4.69) is 15.0 Å². The molecule has 0 aliphatic rings. The smallest absolute Gasteiger partial charge is 0.279 e. The zero-order valence-electron chi connectivity index (χ0n) is 13.4. The van der Waals surface area contributed by atoms with Crippen LogP contribution in [0.5, 0.6) is 0 Å². The van der Waals surface area contributed by atoms with Crippen LogP contribution in [0.15, 0.2) is 53.9 Å². The number of carbonyl (C=O) groups is 1. The lowest BCUT2D eigenvalue weighted by Crippen LogP contribution is -2.18. The number of rotatable bonds is 5. The van der Waals surface area contributed by atoms with Crippen molar-refractivity contribution in [1.82, 2.24) is 15.0 Å². The number of nitrogens with one attached hydrogen (secondary N) is 1. The maximum absolute atomic E-state index is 13.8. The predicted octanol–water partition coefficient (Wildman–Crippen LogP) is 1.72. The highest BCUT2D eigenvalue weighted by Crippen LogP contribution is 2.22. The number of carbonyl (C=O) groups excluding carboxylic acids is 1. The molecule has 138 valence electrons. The molecule has 0 saturated heterocycles. The lowest BCUT2D eigenvalue weighted by atomic mass is 10.1. The lowest BCUT2D eigenvalue weighted by Gasteiger charge is -2.09. The Morgan fingerprint density at radius 1 is 1.04 bits per heavy atom. The normalized spacial score (nSPS) is 11.2. The first kappa shape index (κ1) is 18.3. The Morgan fingerprint density at radius 3 is 2.19 bits per heavy atom. The molecular formula is C16H11F2N5O3S. The van der Waals surface area contributed by atoms with Crippen molar-refractivity contribution in [3.63, 3.8) is 0 Å². The van der Waals surface area contributed by atoms with E-state index in [-0.39, 0.29) is 5.03 Å². The van der Waals surface area contributed by atoms with Gasteiger partial charge >= 0.3 is 0 Å². The molecule has 0 aliphatic heterocycles. The Bertz CT molecular complexity index is 1080. The number of primary amides is 1. The summed E-state index contributed by atoms with van der Waals surface area (Å²) in [5.41, 5.74) is 3.97. The molecule has 0 spiro atoms. The van der Waals surface area contributed by atoms with E-state index in [0.29, 0.717) is 23.5 Å². The van der Waals surface area contributed by atoms with Crippen LogP contribution in [0.2, 0.25) is 0 Å². The van der Waals surface area contributed by atoms with Gasteiger partial charge in [-0.1, -0.05) is 0 Å². The van der Waals surface area contributed by atoms with Crippen molar-refractivity contribution in [1.29, 1.82) is 0 Å². The second kappa shape index (κ2) is 7.03. The van der Waals surface area contributed by atoms with Gasteiger partial charge in [0.1, 0.15) is 17.2 Å². The SMILES string of the molecule is NC(=O)c1c(F)cc(NS(=O)(=O)c2ccc(-c3ncccn3)cn2)cc1F. The molecule has 1 aromatic carbocycles. The third kappa shape index (κ3) is 3.87. The fourth-order valence-electron chi connectivity index (χ4n) is 2.19. The molecule has 11 heteroatoms. The third-order valence-corrected chi connectivity index (χ3v) is 4.67. The van der Waals surface area contributed by atoms with Gasteiger partial charge in [-0.25, -0.2) is 23.7 Å². The number of sulfonamides is 1. The highest BCUT2D eigenvalue weighted by Gasteiger charge is 2.20. The minimum absolute atomic E-state index is 0.355. The van der Waals surface area contributed by atoms with E-state index in [9.17, 15) is 22.0 Å². The maximum Gasteiger partial charge on any atom is 0.279 e. The standard InChI is InChI=1S/C16H11F2N5O3S/c17-11-6-10(7-12(18)14(11)15(19)24)23-27(25,26)13-3-2-9(8-22-13)16-20-4-1-5-21-16/h1-8,23H,(H2,19,24). The molecule has 27 heavy (non-hydrogen) atoms. The fourth-order valence-corrected chi connectivity index (χ4v) is 3.17. The predicted molar refractivity (Wildman–Crippen MR) is 90.9 cm³/mol. The van der Waals surface area contributed by atoms with Crippen molar-refractivity contribution < 1.29 is 22.0 Å². The van der Waals surface area contributed by atoms with E-state index in [1.165, 1.54) is 30.7 Å². The Kier molecular flexibility index (Phi) is 4.77. The number of pyridine rings is 1. The van der Waals surface area contributed by atoms with Crippen LogP contribution in [0.3, 0.4) is 0 Å². The highest BCUT2D eigenvalue weighted by atomic mass is 32.2. The summed E-state index contributed by atoms with van der Waals surface area (Å²) in [4.78, 5) is 22.8. The van der Waals surface area contributed by atoms with E-state index in [4.69, 9.17) is 5.73 Å². The summed E-state index contributed by atoms with van der Waals surface area (Å²) in [5, 5.41) is -0.387. The number of hydrogen-bond acceptors (Lipinski definition) is 6. The molecule has 0 aliphatic carbocycles. The summed E-state index contributed by atoms with van der Waals surface area (Å²) in [6.07, 6.45) is 4.29. The Balaban J connectivity index is 1.88. The van der Waals surface area contributed by atoms with Gasteiger partial charge in [0.15, 0.2) is 10.9 Å². The molecule has 2 heterocycles. The van der Waals surface area contributed by atoms with Gasteiger partial charge in [0.25, 0.3) is 15.9 Å². The van der Waals surface area contributed by atoms with Gasteiger partial charge in [-0.2, -0.15) is 8.42 Å². The first-order valence-corrected chi connectivity index (χ1v) is 8.81. The number of benzene rings is 1. The van der Waals surface area contributed by atoms with Crippen molar-refractivity contribution in [2.24, 2.45) is 5.73 Å². The largest absolute Gasteiger partial charge is 0.365 e. The number of halogens is 2. The van der Waals surface area contributed by atoms with E-state index in [1.54, 1.807) is 6.07 Å². The zero-order chi connectivity index (χ0) is 19.6. The average Bonchev–Trinajstić information content (AvgIpc) is 2.61. The maximum atomic E-state index is 13.8. The minimum Gasteiger partial charge on any atom is -0.365 e. The van der Waals surface area contributed by atoms with Crippen molar-refractivity contribution >= 4 is 21.6 Å².